The van der Waals surface area contributed by atoms with Gasteiger partial charge in [0.25, 0.3) is 5.91 Å². The lowest BCUT2D eigenvalue weighted by Crippen LogP contribution is -2.50. The van der Waals surface area contributed by atoms with E-state index in [1.54, 1.807) is 29.4 Å². The summed E-state index contributed by atoms with van der Waals surface area (Å²) in [5.41, 5.74) is 1.63. The van der Waals surface area contributed by atoms with E-state index in [9.17, 15) is 9.59 Å². The highest BCUT2D eigenvalue weighted by Crippen LogP contribution is 2.37. The Bertz CT molecular complexity index is 1660. The number of aromatic nitrogens is 4. The summed E-state index contributed by atoms with van der Waals surface area (Å²) >= 11 is 6.19. The number of likely N-dealkylation sites (tertiary alicyclic amines) is 1. The molecule has 0 radical (unpaired) electrons. The van der Waals surface area contributed by atoms with E-state index in [0.29, 0.717) is 60.5 Å². The van der Waals surface area contributed by atoms with E-state index in [4.69, 9.17) is 26.1 Å². The SMILES string of the molecule is CC(C)(C)OC(=O)N1CCC(Nc2cccc(C(=O)N[C@@H]3COc4ccc(Cl)cc43)c2)(c2nc(-c3ccncc3)n[nH]2)CC1. The molecular formula is C32H34ClN7O4. The van der Waals surface area contributed by atoms with Crippen LogP contribution in [-0.4, -0.2) is 62.4 Å². The number of ether oxygens (including phenoxy) is 2. The maximum atomic E-state index is 13.4. The number of carbonyl (C=O) groups is 2. The average molecular weight is 616 g/mol. The number of anilines is 1. The molecule has 44 heavy (non-hydrogen) atoms. The van der Waals surface area contributed by atoms with Gasteiger partial charge in [0, 0.05) is 52.9 Å². The van der Waals surface area contributed by atoms with Gasteiger partial charge in [-0.05, 0) is 82.1 Å². The van der Waals surface area contributed by atoms with Crippen LogP contribution in [0, 0.1) is 0 Å². The molecule has 2 aromatic carbocycles. The first-order valence-corrected chi connectivity index (χ1v) is 14.9. The molecule has 2 aromatic heterocycles. The number of piperidine rings is 1. The Kier molecular flexibility index (Phi) is 7.89. The summed E-state index contributed by atoms with van der Waals surface area (Å²) in [5, 5.41) is 14.9. The predicted octanol–water partition coefficient (Wildman–Crippen LogP) is 5.72. The second-order valence-corrected chi connectivity index (χ2v) is 12.5. The monoisotopic (exact) mass is 615 g/mol. The minimum Gasteiger partial charge on any atom is -0.491 e. The van der Waals surface area contributed by atoms with Crippen molar-refractivity contribution < 1.29 is 19.1 Å². The fourth-order valence-electron chi connectivity index (χ4n) is 5.49. The van der Waals surface area contributed by atoms with Gasteiger partial charge in [0.2, 0.25) is 0 Å². The molecule has 11 nitrogen and oxygen atoms in total. The fraction of sp³-hybridized carbons (Fsp3) is 0.344. The van der Waals surface area contributed by atoms with Crippen molar-refractivity contribution in [2.24, 2.45) is 0 Å². The third-order valence-electron chi connectivity index (χ3n) is 7.71. The van der Waals surface area contributed by atoms with Crippen LogP contribution in [0.15, 0.2) is 67.0 Å². The summed E-state index contributed by atoms with van der Waals surface area (Å²) < 4.78 is 11.4. The van der Waals surface area contributed by atoms with E-state index in [-0.39, 0.29) is 18.0 Å². The second-order valence-electron chi connectivity index (χ2n) is 12.0. The van der Waals surface area contributed by atoms with Crippen LogP contribution < -0.4 is 15.4 Å². The number of hydrogen-bond acceptors (Lipinski definition) is 8. The van der Waals surface area contributed by atoms with E-state index in [1.807, 2.05) is 63.2 Å². The van der Waals surface area contributed by atoms with E-state index in [0.717, 1.165) is 16.8 Å². The van der Waals surface area contributed by atoms with Gasteiger partial charge in [-0.15, -0.1) is 0 Å². The molecule has 0 aliphatic carbocycles. The molecule has 1 saturated heterocycles. The Balaban J connectivity index is 1.24. The number of hydrogen-bond donors (Lipinski definition) is 3. The topological polar surface area (TPSA) is 134 Å². The molecule has 6 rings (SSSR count). The molecule has 0 spiro atoms. The number of carbonyl (C=O) groups excluding carboxylic acids is 2. The Hall–Kier alpha value is -4.64. The molecule has 12 heteroatoms. The van der Waals surface area contributed by atoms with Gasteiger partial charge in [0.05, 0.1) is 6.04 Å². The molecular weight excluding hydrogens is 582 g/mol. The van der Waals surface area contributed by atoms with Gasteiger partial charge in [-0.3, -0.25) is 14.9 Å². The van der Waals surface area contributed by atoms with Crippen molar-refractivity contribution in [1.82, 2.24) is 30.4 Å². The maximum Gasteiger partial charge on any atom is 0.410 e. The van der Waals surface area contributed by atoms with Crippen LogP contribution in [0.1, 0.15) is 61.4 Å². The molecule has 0 unspecified atom stereocenters. The number of nitrogens with one attached hydrogen (secondary N) is 3. The van der Waals surface area contributed by atoms with Gasteiger partial charge in [-0.1, -0.05) is 17.7 Å². The van der Waals surface area contributed by atoms with Gasteiger partial charge in [0.15, 0.2) is 11.6 Å². The Morgan fingerprint density at radius 3 is 2.61 bits per heavy atom. The van der Waals surface area contributed by atoms with Gasteiger partial charge < -0.3 is 25.0 Å². The van der Waals surface area contributed by atoms with Gasteiger partial charge >= 0.3 is 6.09 Å². The molecule has 2 aliphatic heterocycles. The summed E-state index contributed by atoms with van der Waals surface area (Å²) in [6.45, 7) is 6.78. The highest BCUT2D eigenvalue weighted by molar-refractivity contribution is 6.30. The molecule has 4 aromatic rings. The molecule has 0 bridgehead atoms. The zero-order valence-electron chi connectivity index (χ0n) is 24.8. The van der Waals surface area contributed by atoms with E-state index in [1.165, 1.54) is 0 Å². The van der Waals surface area contributed by atoms with Crippen molar-refractivity contribution in [2.75, 3.05) is 25.0 Å². The zero-order valence-corrected chi connectivity index (χ0v) is 25.5. The Labute approximate surface area is 260 Å². The maximum absolute atomic E-state index is 13.4. The lowest BCUT2D eigenvalue weighted by Gasteiger charge is -2.41. The van der Waals surface area contributed by atoms with Crippen LogP contribution >= 0.6 is 11.6 Å². The molecule has 1 fully saturated rings. The van der Waals surface area contributed by atoms with Crippen LogP contribution in [0.2, 0.25) is 5.02 Å². The zero-order chi connectivity index (χ0) is 30.9. The van der Waals surface area contributed by atoms with Crippen molar-refractivity contribution in [1.29, 1.82) is 0 Å². The van der Waals surface area contributed by atoms with Gasteiger partial charge in [-0.25, -0.2) is 9.78 Å². The summed E-state index contributed by atoms with van der Waals surface area (Å²) in [7, 11) is 0. The summed E-state index contributed by atoms with van der Waals surface area (Å²) in [6, 6.07) is 16.1. The van der Waals surface area contributed by atoms with Crippen LogP contribution in [0.5, 0.6) is 5.75 Å². The molecule has 4 heterocycles. The van der Waals surface area contributed by atoms with Crippen molar-refractivity contribution in [3.05, 3.63) is 89.0 Å². The smallest absolute Gasteiger partial charge is 0.410 e. The highest BCUT2D eigenvalue weighted by atomic mass is 35.5. The minimum absolute atomic E-state index is 0.233. The minimum atomic E-state index is -0.694. The van der Waals surface area contributed by atoms with E-state index < -0.39 is 11.1 Å². The van der Waals surface area contributed by atoms with E-state index >= 15 is 0 Å². The quantitative estimate of drug-likeness (QED) is 0.251. The summed E-state index contributed by atoms with van der Waals surface area (Å²) in [6.07, 6.45) is 4.11. The van der Waals surface area contributed by atoms with Crippen LogP contribution in [0.25, 0.3) is 11.4 Å². The number of pyridine rings is 1. The summed E-state index contributed by atoms with van der Waals surface area (Å²) in [4.78, 5) is 36.9. The number of halogens is 1. The largest absolute Gasteiger partial charge is 0.491 e. The number of aromatic amines is 1. The number of benzene rings is 2. The van der Waals surface area contributed by atoms with Gasteiger partial charge in [-0.2, -0.15) is 5.10 Å². The van der Waals surface area contributed by atoms with Crippen molar-refractivity contribution in [3.8, 4) is 17.1 Å². The predicted molar refractivity (Wildman–Crippen MR) is 166 cm³/mol. The number of nitrogens with zero attached hydrogens (tertiary/aromatic N) is 4. The molecule has 228 valence electrons. The first-order valence-electron chi connectivity index (χ1n) is 14.5. The summed E-state index contributed by atoms with van der Waals surface area (Å²) in [5.74, 6) is 1.67. The number of H-pyrrole nitrogens is 1. The fourth-order valence-corrected chi connectivity index (χ4v) is 5.67. The third-order valence-corrected chi connectivity index (χ3v) is 7.95. The van der Waals surface area contributed by atoms with Crippen LogP contribution in [0.4, 0.5) is 10.5 Å². The first-order chi connectivity index (χ1) is 21.1. The van der Waals surface area contributed by atoms with Crippen molar-refractivity contribution >= 4 is 29.3 Å². The normalized spacial score (nSPS) is 17.4. The van der Waals surface area contributed by atoms with Gasteiger partial charge in [0.1, 0.15) is 23.5 Å². The molecule has 1 atom stereocenters. The van der Waals surface area contributed by atoms with Crippen LogP contribution in [0.3, 0.4) is 0 Å². The average Bonchev–Trinajstić information content (AvgIpc) is 3.65. The third kappa shape index (κ3) is 6.33. The second kappa shape index (κ2) is 11.8. The van der Waals surface area contributed by atoms with E-state index in [2.05, 4.69) is 25.8 Å². The standard InChI is InChI=1S/C32H34ClN7O4/c1-31(2,3)44-30(42)40-15-11-32(12-16-40,29-36-27(38-39-29)20-9-13-34-14-10-20)37-23-6-4-5-21(17-23)28(41)35-25-19-43-26-8-7-22(33)18-24(25)26/h4-10,13-14,17-18,25,37H,11-12,15-16,19H2,1-3H3,(H,35,41)(H,36,38,39)/t25-/m1/s1. The highest BCUT2D eigenvalue weighted by Gasteiger charge is 2.41. The Morgan fingerprint density at radius 1 is 1.09 bits per heavy atom. The first kappa shape index (κ1) is 29.4. The molecule has 2 aliphatic rings. The van der Waals surface area contributed by atoms with Crippen LogP contribution in [-0.2, 0) is 10.3 Å². The molecule has 0 saturated carbocycles. The Morgan fingerprint density at radius 2 is 1.86 bits per heavy atom. The van der Waals surface area contributed by atoms with Crippen molar-refractivity contribution in [2.45, 2.75) is 50.8 Å². The molecule has 3 N–H and O–H groups in total. The number of amides is 2. The molecule has 2 amide bonds. The lowest BCUT2D eigenvalue weighted by atomic mass is 9.86. The number of rotatable bonds is 6. The van der Waals surface area contributed by atoms with Crippen molar-refractivity contribution in [3.63, 3.8) is 0 Å². The number of fused-ring (bicyclic) bond motifs is 1. The lowest BCUT2D eigenvalue weighted by molar-refractivity contribution is 0.0172.